The number of ether oxygens (including phenoxy) is 1. The number of amides is 1. The average Bonchev–Trinajstić information content (AvgIpc) is 3.10. The molecule has 3 aromatic rings. The molecule has 0 saturated carbocycles. The Morgan fingerprint density at radius 1 is 1.08 bits per heavy atom. The molecule has 2 heterocycles. The molecule has 6 heteroatoms. The zero-order chi connectivity index (χ0) is 17.8. The van der Waals surface area contributed by atoms with E-state index in [4.69, 9.17) is 4.74 Å². The number of hydrogen-bond acceptors (Lipinski definition) is 4. The first-order chi connectivity index (χ1) is 12.8. The van der Waals surface area contributed by atoms with Crippen molar-refractivity contribution in [2.45, 2.75) is 13.1 Å². The molecule has 134 valence electrons. The molecular weight excluding hydrogens is 328 g/mol. The van der Waals surface area contributed by atoms with Crippen LogP contribution in [0.5, 0.6) is 0 Å². The van der Waals surface area contributed by atoms with Gasteiger partial charge in [-0.05, 0) is 23.8 Å². The summed E-state index contributed by atoms with van der Waals surface area (Å²) in [4.78, 5) is 19.1. The second-order valence-electron chi connectivity index (χ2n) is 6.37. The van der Waals surface area contributed by atoms with Crippen molar-refractivity contribution < 1.29 is 9.53 Å². The lowest BCUT2D eigenvalue weighted by molar-refractivity contribution is -0.121. The number of nitrogens with one attached hydrogen (secondary N) is 1. The highest BCUT2D eigenvalue weighted by molar-refractivity contribution is 5.80. The van der Waals surface area contributed by atoms with E-state index in [1.165, 1.54) is 5.69 Å². The zero-order valence-electron chi connectivity index (χ0n) is 14.6. The van der Waals surface area contributed by atoms with E-state index in [-0.39, 0.29) is 12.5 Å². The summed E-state index contributed by atoms with van der Waals surface area (Å²) in [6, 6.07) is 16.0. The van der Waals surface area contributed by atoms with E-state index < -0.39 is 0 Å². The topological polar surface area (TPSA) is 59.4 Å². The Balaban J connectivity index is 1.42. The molecule has 0 spiro atoms. The summed E-state index contributed by atoms with van der Waals surface area (Å²) >= 11 is 0. The third-order valence-corrected chi connectivity index (χ3v) is 4.66. The number of anilines is 1. The van der Waals surface area contributed by atoms with Gasteiger partial charge >= 0.3 is 0 Å². The van der Waals surface area contributed by atoms with Crippen molar-refractivity contribution >= 4 is 22.6 Å². The Bertz CT molecular complexity index is 899. The van der Waals surface area contributed by atoms with Crippen molar-refractivity contribution in [2.75, 3.05) is 31.2 Å². The van der Waals surface area contributed by atoms with Gasteiger partial charge < -0.3 is 19.5 Å². The molecule has 6 nitrogen and oxygen atoms in total. The van der Waals surface area contributed by atoms with Crippen LogP contribution < -0.4 is 10.2 Å². The number of carbonyl (C=O) groups excluding carboxylic acids is 1. The second-order valence-corrected chi connectivity index (χ2v) is 6.37. The van der Waals surface area contributed by atoms with E-state index in [9.17, 15) is 4.79 Å². The van der Waals surface area contributed by atoms with Gasteiger partial charge in [0.1, 0.15) is 6.54 Å². The maximum absolute atomic E-state index is 12.4. The van der Waals surface area contributed by atoms with E-state index in [1.807, 2.05) is 41.0 Å². The first-order valence-corrected chi connectivity index (χ1v) is 8.88. The molecule has 1 aliphatic heterocycles. The monoisotopic (exact) mass is 350 g/mol. The lowest BCUT2D eigenvalue weighted by atomic mass is 10.1. The lowest BCUT2D eigenvalue weighted by Gasteiger charge is -2.30. The number of aromatic nitrogens is 2. The van der Waals surface area contributed by atoms with Gasteiger partial charge in [-0.3, -0.25) is 4.79 Å². The molecule has 1 saturated heterocycles. The van der Waals surface area contributed by atoms with Crippen molar-refractivity contribution in [3.8, 4) is 0 Å². The number of benzene rings is 2. The van der Waals surface area contributed by atoms with E-state index >= 15 is 0 Å². The van der Waals surface area contributed by atoms with Gasteiger partial charge in [0.25, 0.3) is 0 Å². The second kappa shape index (κ2) is 7.58. The number of morpholine rings is 1. The zero-order valence-corrected chi connectivity index (χ0v) is 14.6. The minimum atomic E-state index is -0.0232. The predicted octanol–water partition coefficient (Wildman–Crippen LogP) is 2.19. The van der Waals surface area contributed by atoms with Crippen molar-refractivity contribution in [1.82, 2.24) is 14.9 Å². The fraction of sp³-hybridized carbons (Fsp3) is 0.300. The van der Waals surface area contributed by atoms with Crippen LogP contribution in [-0.2, 0) is 22.6 Å². The predicted molar refractivity (Wildman–Crippen MR) is 101 cm³/mol. The smallest absolute Gasteiger partial charge is 0.240 e. The third-order valence-electron chi connectivity index (χ3n) is 4.66. The van der Waals surface area contributed by atoms with Crippen LogP contribution in [0.25, 0.3) is 11.0 Å². The van der Waals surface area contributed by atoms with Crippen LogP contribution in [0.4, 0.5) is 5.69 Å². The Hall–Kier alpha value is -2.86. The molecule has 1 N–H and O–H groups in total. The highest BCUT2D eigenvalue weighted by atomic mass is 16.5. The maximum Gasteiger partial charge on any atom is 0.240 e. The molecule has 4 rings (SSSR count). The van der Waals surface area contributed by atoms with Crippen molar-refractivity contribution in [3.63, 3.8) is 0 Å². The summed E-state index contributed by atoms with van der Waals surface area (Å²) in [5, 5.41) is 3.04. The fourth-order valence-corrected chi connectivity index (χ4v) is 3.31. The number of imidazole rings is 1. The first-order valence-electron chi connectivity index (χ1n) is 8.88. The summed E-state index contributed by atoms with van der Waals surface area (Å²) in [6.07, 6.45) is 1.71. The Labute approximate surface area is 152 Å². The van der Waals surface area contributed by atoms with Crippen LogP contribution in [-0.4, -0.2) is 41.8 Å². The molecule has 0 aliphatic carbocycles. The highest BCUT2D eigenvalue weighted by Gasteiger charge is 2.15. The molecule has 2 aromatic carbocycles. The molecule has 1 aromatic heterocycles. The van der Waals surface area contributed by atoms with Crippen LogP contribution in [0.3, 0.4) is 0 Å². The molecule has 1 aliphatic rings. The third kappa shape index (κ3) is 3.55. The van der Waals surface area contributed by atoms with Crippen LogP contribution in [0.15, 0.2) is 54.9 Å². The first kappa shape index (κ1) is 16.6. The molecule has 26 heavy (non-hydrogen) atoms. The minimum absolute atomic E-state index is 0.0232. The lowest BCUT2D eigenvalue weighted by Crippen LogP contribution is -2.37. The normalized spacial score (nSPS) is 14.5. The molecule has 0 bridgehead atoms. The minimum Gasteiger partial charge on any atom is -0.378 e. The van der Waals surface area contributed by atoms with Gasteiger partial charge in [0.15, 0.2) is 0 Å². The van der Waals surface area contributed by atoms with E-state index in [2.05, 4.69) is 27.3 Å². The molecule has 0 atom stereocenters. The van der Waals surface area contributed by atoms with Crippen molar-refractivity contribution in [3.05, 3.63) is 60.4 Å². The Morgan fingerprint density at radius 2 is 1.85 bits per heavy atom. The van der Waals surface area contributed by atoms with Gasteiger partial charge in [0.2, 0.25) is 5.91 Å². The number of fused-ring (bicyclic) bond motifs is 1. The van der Waals surface area contributed by atoms with Gasteiger partial charge in [-0.2, -0.15) is 0 Å². The summed E-state index contributed by atoms with van der Waals surface area (Å²) in [7, 11) is 0. The van der Waals surface area contributed by atoms with Gasteiger partial charge in [0, 0.05) is 25.3 Å². The summed E-state index contributed by atoms with van der Waals surface area (Å²) < 4.78 is 7.31. The largest absolute Gasteiger partial charge is 0.378 e. The fourth-order valence-electron chi connectivity index (χ4n) is 3.31. The maximum atomic E-state index is 12.4. The van der Waals surface area contributed by atoms with Gasteiger partial charge in [0.05, 0.1) is 30.6 Å². The van der Waals surface area contributed by atoms with Crippen LogP contribution in [0.2, 0.25) is 0 Å². The van der Waals surface area contributed by atoms with Crippen LogP contribution in [0, 0.1) is 0 Å². The number of para-hydroxylation sites is 3. The van der Waals surface area contributed by atoms with Gasteiger partial charge in [-0.1, -0.05) is 30.3 Å². The van der Waals surface area contributed by atoms with Crippen molar-refractivity contribution in [1.29, 1.82) is 0 Å². The molecule has 0 unspecified atom stereocenters. The number of nitrogens with zero attached hydrogens (tertiary/aromatic N) is 3. The van der Waals surface area contributed by atoms with E-state index in [0.29, 0.717) is 6.54 Å². The van der Waals surface area contributed by atoms with Gasteiger partial charge in [-0.15, -0.1) is 0 Å². The Morgan fingerprint density at radius 3 is 2.73 bits per heavy atom. The summed E-state index contributed by atoms with van der Waals surface area (Å²) in [6.45, 7) is 4.03. The van der Waals surface area contributed by atoms with E-state index in [1.54, 1.807) is 6.33 Å². The molecule has 1 fully saturated rings. The average molecular weight is 350 g/mol. The van der Waals surface area contributed by atoms with E-state index in [0.717, 1.165) is 42.9 Å². The van der Waals surface area contributed by atoms with Crippen LogP contribution in [0.1, 0.15) is 5.56 Å². The number of carbonyl (C=O) groups is 1. The van der Waals surface area contributed by atoms with Crippen molar-refractivity contribution in [2.24, 2.45) is 0 Å². The highest BCUT2D eigenvalue weighted by Crippen LogP contribution is 2.21. The van der Waals surface area contributed by atoms with Gasteiger partial charge in [-0.25, -0.2) is 4.98 Å². The van der Waals surface area contributed by atoms with Crippen LogP contribution >= 0.6 is 0 Å². The SMILES string of the molecule is O=C(Cn1cnc2ccccc21)NCc1ccccc1N1CCOCC1. The molecular formula is C20H22N4O2. The number of hydrogen-bond donors (Lipinski definition) is 1. The summed E-state index contributed by atoms with van der Waals surface area (Å²) in [5.41, 5.74) is 4.16. The summed E-state index contributed by atoms with van der Waals surface area (Å²) in [5.74, 6) is -0.0232. The Kier molecular flexibility index (Phi) is 4.84. The quantitative estimate of drug-likeness (QED) is 0.766. The molecule has 0 radical (unpaired) electrons. The number of rotatable bonds is 5. The standard InChI is InChI=1S/C20H22N4O2/c25-20(14-24-15-22-17-6-2-4-8-19(17)24)21-13-16-5-1-3-7-18(16)23-9-11-26-12-10-23/h1-8,15H,9-14H2,(H,21,25). The molecule has 1 amide bonds.